The fourth-order valence-corrected chi connectivity index (χ4v) is 4.88. The molecule has 146 valence electrons. The minimum absolute atomic E-state index is 0.258. The van der Waals surface area contributed by atoms with Crippen LogP contribution < -0.4 is 10.6 Å². The van der Waals surface area contributed by atoms with Crippen molar-refractivity contribution in [2.24, 2.45) is 5.92 Å². The molecule has 5 nitrogen and oxygen atoms in total. The number of carbonyl (C=O) groups is 1. The van der Waals surface area contributed by atoms with Crippen LogP contribution in [0.2, 0.25) is 0 Å². The summed E-state index contributed by atoms with van der Waals surface area (Å²) in [5.41, 5.74) is 2.59. The second kappa shape index (κ2) is 7.85. The van der Waals surface area contributed by atoms with Crippen molar-refractivity contribution >= 4 is 57.7 Å². The molecular formula is C20H20Cl2N4OS. The van der Waals surface area contributed by atoms with E-state index in [-0.39, 0.29) is 18.0 Å². The lowest BCUT2D eigenvalue weighted by Gasteiger charge is -2.14. The third-order valence-electron chi connectivity index (χ3n) is 4.70. The molecule has 0 aliphatic heterocycles. The van der Waals surface area contributed by atoms with Crippen LogP contribution in [0, 0.1) is 5.92 Å². The number of fused-ring (bicyclic) bond motifs is 1. The number of H-pyrrole nitrogens is 1. The number of anilines is 1. The second-order valence-corrected chi connectivity index (χ2v) is 9.53. The van der Waals surface area contributed by atoms with E-state index in [2.05, 4.69) is 20.6 Å². The topological polar surface area (TPSA) is 69.8 Å². The van der Waals surface area contributed by atoms with Gasteiger partial charge < -0.3 is 15.6 Å². The fraction of sp³-hybridized carbons (Fsp3) is 0.300. The third kappa shape index (κ3) is 4.40. The molecule has 2 atom stereocenters. The van der Waals surface area contributed by atoms with Crippen LogP contribution in [0.15, 0.2) is 53.4 Å². The van der Waals surface area contributed by atoms with Gasteiger partial charge in [0.2, 0.25) is 0 Å². The highest BCUT2D eigenvalue weighted by atomic mass is 35.5. The number of thioether (sulfide) groups is 1. The predicted molar refractivity (Wildman–Crippen MR) is 116 cm³/mol. The number of aromatic amines is 1. The minimum atomic E-state index is -0.589. The van der Waals surface area contributed by atoms with Crippen LogP contribution in [-0.4, -0.2) is 26.1 Å². The van der Waals surface area contributed by atoms with Gasteiger partial charge in [-0.05, 0) is 37.6 Å². The number of hydrogen-bond donors (Lipinski definition) is 3. The first kappa shape index (κ1) is 19.4. The molecule has 28 heavy (non-hydrogen) atoms. The van der Waals surface area contributed by atoms with E-state index in [1.165, 1.54) is 0 Å². The summed E-state index contributed by atoms with van der Waals surface area (Å²) in [7, 11) is 0. The van der Waals surface area contributed by atoms with Gasteiger partial charge in [0.25, 0.3) is 0 Å². The first-order valence-corrected chi connectivity index (χ1v) is 10.8. The molecule has 1 aliphatic rings. The summed E-state index contributed by atoms with van der Waals surface area (Å²) in [6.07, 6.45) is 0.814. The molecule has 0 bridgehead atoms. The minimum Gasteiger partial charge on any atom is -0.340 e. The van der Waals surface area contributed by atoms with Crippen LogP contribution in [0.4, 0.5) is 10.5 Å². The Hall–Kier alpha value is -1.89. The number of hydrogen-bond acceptors (Lipinski definition) is 3. The first-order valence-electron chi connectivity index (χ1n) is 9.04. The van der Waals surface area contributed by atoms with Crippen molar-refractivity contribution in [2.45, 2.75) is 28.6 Å². The lowest BCUT2D eigenvalue weighted by molar-refractivity contribution is 0.249. The van der Waals surface area contributed by atoms with Crippen molar-refractivity contribution in [1.29, 1.82) is 0 Å². The number of imidazole rings is 1. The summed E-state index contributed by atoms with van der Waals surface area (Å²) in [4.78, 5) is 21.3. The highest BCUT2D eigenvalue weighted by molar-refractivity contribution is 7.99. The summed E-state index contributed by atoms with van der Waals surface area (Å²) in [6, 6.07) is 15.0. The van der Waals surface area contributed by atoms with Gasteiger partial charge in [-0.2, -0.15) is 0 Å². The highest BCUT2D eigenvalue weighted by Crippen LogP contribution is 2.55. The maximum atomic E-state index is 12.5. The molecule has 8 heteroatoms. The Balaban J connectivity index is 1.38. The Morgan fingerprint density at radius 3 is 2.75 bits per heavy atom. The molecule has 1 aromatic heterocycles. The van der Waals surface area contributed by atoms with E-state index >= 15 is 0 Å². The molecule has 0 radical (unpaired) electrons. The van der Waals surface area contributed by atoms with E-state index in [9.17, 15) is 4.79 Å². The summed E-state index contributed by atoms with van der Waals surface area (Å²) in [5.74, 6) is 1.83. The number of alkyl halides is 2. The molecular weight excluding hydrogens is 415 g/mol. The van der Waals surface area contributed by atoms with Gasteiger partial charge in [-0.1, -0.05) is 24.3 Å². The van der Waals surface area contributed by atoms with Gasteiger partial charge in [0, 0.05) is 16.6 Å². The highest BCUT2D eigenvalue weighted by Gasteiger charge is 2.51. The third-order valence-corrected chi connectivity index (χ3v) is 6.86. The van der Waals surface area contributed by atoms with E-state index in [0.29, 0.717) is 5.82 Å². The number of benzene rings is 2. The molecule has 2 aromatic carbocycles. The molecule has 1 aliphatic carbocycles. The lowest BCUT2D eigenvalue weighted by Crippen LogP contribution is -2.31. The number of aromatic nitrogens is 2. The van der Waals surface area contributed by atoms with Crippen molar-refractivity contribution in [3.05, 3.63) is 54.4 Å². The monoisotopic (exact) mass is 434 g/mol. The summed E-state index contributed by atoms with van der Waals surface area (Å²) in [6.45, 7) is 1.89. The smallest absolute Gasteiger partial charge is 0.319 e. The van der Waals surface area contributed by atoms with Gasteiger partial charge in [-0.25, -0.2) is 9.78 Å². The van der Waals surface area contributed by atoms with Gasteiger partial charge in [-0.3, -0.25) is 0 Å². The number of halogens is 2. The maximum Gasteiger partial charge on any atom is 0.319 e. The SMILES string of the molecule is CC(NC(=O)Nc1ccccc1SCC1CC1(Cl)Cl)c1nc2ccccc2[nH]1. The largest absolute Gasteiger partial charge is 0.340 e. The Bertz CT molecular complexity index is 974. The first-order chi connectivity index (χ1) is 13.4. The van der Waals surface area contributed by atoms with Crippen LogP contribution in [-0.2, 0) is 0 Å². The molecule has 3 aromatic rings. The van der Waals surface area contributed by atoms with Crippen LogP contribution in [0.3, 0.4) is 0 Å². The van der Waals surface area contributed by atoms with E-state index in [0.717, 1.165) is 33.8 Å². The second-order valence-electron chi connectivity index (χ2n) is 6.93. The summed E-state index contributed by atoms with van der Waals surface area (Å²) in [5, 5.41) is 5.86. The van der Waals surface area contributed by atoms with Gasteiger partial charge in [-0.15, -0.1) is 35.0 Å². The zero-order chi connectivity index (χ0) is 19.7. The standard InChI is InChI=1S/C20H20Cl2N4OS/c1-12(18-24-14-6-2-3-7-15(14)25-18)23-19(27)26-16-8-4-5-9-17(16)28-11-13-10-20(13,21)22/h2-9,12-13H,10-11H2,1H3,(H,24,25)(H2,23,26,27). The zero-order valence-corrected chi connectivity index (χ0v) is 17.5. The Morgan fingerprint density at radius 2 is 2.00 bits per heavy atom. The lowest BCUT2D eigenvalue weighted by atomic mass is 10.3. The van der Waals surface area contributed by atoms with Gasteiger partial charge in [0.15, 0.2) is 0 Å². The number of rotatable bonds is 6. The van der Waals surface area contributed by atoms with E-state index in [1.807, 2.05) is 55.5 Å². The van der Waals surface area contributed by atoms with Gasteiger partial charge >= 0.3 is 6.03 Å². The summed E-state index contributed by atoms with van der Waals surface area (Å²) >= 11 is 13.9. The maximum absolute atomic E-state index is 12.5. The summed E-state index contributed by atoms with van der Waals surface area (Å²) < 4.78 is -0.589. The predicted octanol–water partition coefficient (Wildman–Crippen LogP) is 5.73. The van der Waals surface area contributed by atoms with Crippen LogP contribution in [0.25, 0.3) is 11.0 Å². The van der Waals surface area contributed by atoms with Crippen molar-refractivity contribution in [2.75, 3.05) is 11.1 Å². The number of carbonyl (C=O) groups excluding carboxylic acids is 1. The molecule has 2 unspecified atom stereocenters. The molecule has 1 saturated carbocycles. The molecule has 0 saturated heterocycles. The van der Waals surface area contributed by atoms with Crippen molar-refractivity contribution < 1.29 is 4.79 Å². The molecule has 4 rings (SSSR count). The van der Waals surface area contributed by atoms with Crippen molar-refractivity contribution in [3.63, 3.8) is 0 Å². The van der Waals surface area contributed by atoms with Crippen LogP contribution in [0.1, 0.15) is 25.2 Å². The average molecular weight is 435 g/mol. The number of nitrogens with one attached hydrogen (secondary N) is 3. The fourth-order valence-electron chi connectivity index (χ4n) is 2.94. The van der Waals surface area contributed by atoms with Crippen molar-refractivity contribution in [3.8, 4) is 0 Å². The Labute approximate surface area is 177 Å². The van der Waals surface area contributed by atoms with E-state index < -0.39 is 4.33 Å². The average Bonchev–Trinajstić information content (AvgIpc) is 3.08. The zero-order valence-electron chi connectivity index (χ0n) is 15.2. The quantitative estimate of drug-likeness (QED) is 0.342. The Morgan fingerprint density at radius 1 is 1.29 bits per heavy atom. The number of urea groups is 1. The van der Waals surface area contributed by atoms with Gasteiger partial charge in [0.05, 0.1) is 22.8 Å². The van der Waals surface area contributed by atoms with Crippen molar-refractivity contribution in [1.82, 2.24) is 15.3 Å². The van der Waals surface area contributed by atoms with Gasteiger partial charge in [0.1, 0.15) is 10.2 Å². The van der Waals surface area contributed by atoms with E-state index in [1.54, 1.807) is 11.8 Å². The Kier molecular flexibility index (Phi) is 5.45. The van der Waals surface area contributed by atoms with Crippen LogP contribution >= 0.6 is 35.0 Å². The number of para-hydroxylation sites is 3. The normalized spacial score (nSPS) is 18.6. The molecule has 2 amide bonds. The van der Waals surface area contributed by atoms with E-state index in [4.69, 9.17) is 23.2 Å². The molecule has 1 fully saturated rings. The molecule has 0 spiro atoms. The number of nitrogens with zero attached hydrogens (tertiary/aromatic N) is 1. The molecule has 1 heterocycles. The molecule has 3 N–H and O–H groups in total. The number of amides is 2. The van der Waals surface area contributed by atoms with Crippen LogP contribution in [0.5, 0.6) is 0 Å².